The van der Waals surface area contributed by atoms with Crippen molar-refractivity contribution in [2.75, 3.05) is 0 Å². The Kier molecular flexibility index (Phi) is 4.70. The quantitative estimate of drug-likeness (QED) is 0.890. The third kappa shape index (κ3) is 3.88. The number of aryl methyl sites for hydroxylation is 1. The van der Waals surface area contributed by atoms with Crippen LogP contribution >= 0.6 is 15.9 Å². The van der Waals surface area contributed by atoms with Crippen molar-refractivity contribution in [2.24, 2.45) is 0 Å². The van der Waals surface area contributed by atoms with Gasteiger partial charge in [0, 0.05) is 17.2 Å². The number of rotatable bonds is 4. The van der Waals surface area contributed by atoms with Crippen molar-refractivity contribution < 1.29 is 14.7 Å². The molecule has 6 heteroatoms. The molecular weight excluding hydrogens is 336 g/mol. The SMILES string of the molecule is Cc1ccc(Br)c(C(=O)NCc2ccc(C(=O)O)nc2)c1. The fraction of sp³-hybridized carbons (Fsp3) is 0.133. The Morgan fingerprint density at radius 3 is 2.67 bits per heavy atom. The average Bonchev–Trinajstić information content (AvgIpc) is 2.47. The molecule has 0 unspecified atom stereocenters. The maximum absolute atomic E-state index is 12.1. The van der Waals surface area contributed by atoms with Crippen molar-refractivity contribution in [2.45, 2.75) is 13.5 Å². The predicted octanol–water partition coefficient (Wildman–Crippen LogP) is 2.78. The van der Waals surface area contributed by atoms with Crippen LogP contribution in [-0.4, -0.2) is 22.0 Å². The average molecular weight is 349 g/mol. The molecule has 0 spiro atoms. The number of amides is 1. The van der Waals surface area contributed by atoms with Crippen molar-refractivity contribution in [3.63, 3.8) is 0 Å². The molecule has 1 aromatic heterocycles. The first-order chi connectivity index (χ1) is 9.97. The molecule has 0 aliphatic rings. The van der Waals surface area contributed by atoms with Gasteiger partial charge in [-0.05, 0) is 46.6 Å². The van der Waals surface area contributed by atoms with Crippen molar-refractivity contribution in [3.05, 3.63) is 63.4 Å². The van der Waals surface area contributed by atoms with E-state index in [1.165, 1.54) is 12.3 Å². The monoisotopic (exact) mass is 348 g/mol. The zero-order valence-electron chi connectivity index (χ0n) is 11.3. The van der Waals surface area contributed by atoms with E-state index in [2.05, 4.69) is 26.2 Å². The molecule has 108 valence electrons. The molecule has 0 bridgehead atoms. The van der Waals surface area contributed by atoms with E-state index in [4.69, 9.17) is 5.11 Å². The number of nitrogens with zero attached hydrogens (tertiary/aromatic N) is 1. The maximum atomic E-state index is 12.1. The summed E-state index contributed by atoms with van der Waals surface area (Å²) in [6, 6.07) is 8.57. The minimum Gasteiger partial charge on any atom is -0.477 e. The van der Waals surface area contributed by atoms with Crippen LogP contribution in [0.15, 0.2) is 41.0 Å². The van der Waals surface area contributed by atoms with E-state index < -0.39 is 5.97 Å². The second-order valence-electron chi connectivity index (χ2n) is 4.52. The van der Waals surface area contributed by atoms with Gasteiger partial charge in [0.25, 0.3) is 5.91 Å². The zero-order valence-corrected chi connectivity index (χ0v) is 12.8. The van der Waals surface area contributed by atoms with Crippen LogP contribution in [0.2, 0.25) is 0 Å². The molecular formula is C15H13BrN2O3. The normalized spacial score (nSPS) is 10.2. The lowest BCUT2D eigenvalue weighted by atomic mass is 10.1. The highest BCUT2D eigenvalue weighted by molar-refractivity contribution is 9.10. The molecule has 1 aromatic carbocycles. The molecule has 21 heavy (non-hydrogen) atoms. The molecule has 0 saturated heterocycles. The van der Waals surface area contributed by atoms with Gasteiger partial charge in [-0.3, -0.25) is 4.79 Å². The summed E-state index contributed by atoms with van der Waals surface area (Å²) in [5.41, 5.74) is 2.27. The van der Waals surface area contributed by atoms with Crippen LogP contribution in [0.4, 0.5) is 0 Å². The number of nitrogens with one attached hydrogen (secondary N) is 1. The highest BCUT2D eigenvalue weighted by Crippen LogP contribution is 2.18. The van der Waals surface area contributed by atoms with E-state index in [1.54, 1.807) is 12.1 Å². The highest BCUT2D eigenvalue weighted by Gasteiger charge is 2.10. The number of carboxylic acid groups (broad SMARTS) is 1. The van der Waals surface area contributed by atoms with Crippen LogP contribution in [-0.2, 0) is 6.54 Å². The first-order valence-electron chi connectivity index (χ1n) is 6.20. The summed E-state index contributed by atoms with van der Waals surface area (Å²) in [4.78, 5) is 26.6. The number of pyridine rings is 1. The number of carbonyl (C=O) groups excluding carboxylic acids is 1. The van der Waals surface area contributed by atoms with Crippen LogP contribution in [0.3, 0.4) is 0 Å². The van der Waals surface area contributed by atoms with Gasteiger partial charge in [0.2, 0.25) is 0 Å². The number of carboxylic acids is 1. The van der Waals surface area contributed by atoms with Crippen LogP contribution < -0.4 is 5.32 Å². The molecule has 0 fully saturated rings. The molecule has 0 aliphatic heterocycles. The lowest BCUT2D eigenvalue weighted by Crippen LogP contribution is -2.23. The number of benzene rings is 1. The number of halogens is 1. The lowest BCUT2D eigenvalue weighted by molar-refractivity contribution is 0.0690. The summed E-state index contributed by atoms with van der Waals surface area (Å²) in [6.45, 7) is 2.20. The Morgan fingerprint density at radius 2 is 2.05 bits per heavy atom. The summed E-state index contributed by atoms with van der Waals surface area (Å²) in [5.74, 6) is -1.28. The van der Waals surface area contributed by atoms with E-state index in [-0.39, 0.29) is 18.1 Å². The van der Waals surface area contributed by atoms with Gasteiger partial charge in [0.05, 0.1) is 5.56 Å². The molecule has 5 nitrogen and oxygen atoms in total. The molecule has 0 saturated carbocycles. The van der Waals surface area contributed by atoms with Crippen LogP contribution in [0.5, 0.6) is 0 Å². The second-order valence-corrected chi connectivity index (χ2v) is 5.38. The van der Waals surface area contributed by atoms with Crippen LogP contribution in [0.1, 0.15) is 32.0 Å². The van der Waals surface area contributed by atoms with Crippen molar-refractivity contribution >= 4 is 27.8 Å². The Bertz CT molecular complexity index is 684. The van der Waals surface area contributed by atoms with Crippen LogP contribution in [0.25, 0.3) is 0 Å². The standard InChI is InChI=1S/C15H13BrN2O3/c1-9-2-4-12(16)11(6-9)14(19)18-8-10-3-5-13(15(20)21)17-7-10/h2-7H,8H2,1H3,(H,18,19)(H,20,21). The van der Waals surface area contributed by atoms with E-state index >= 15 is 0 Å². The van der Waals surface area contributed by atoms with E-state index in [0.29, 0.717) is 5.56 Å². The summed E-state index contributed by atoms with van der Waals surface area (Å²) in [5, 5.41) is 11.5. The Hall–Kier alpha value is -2.21. The number of hydrogen-bond donors (Lipinski definition) is 2. The molecule has 2 rings (SSSR count). The topological polar surface area (TPSA) is 79.3 Å². The number of carbonyl (C=O) groups is 2. The van der Waals surface area contributed by atoms with Gasteiger partial charge < -0.3 is 10.4 Å². The van der Waals surface area contributed by atoms with E-state index in [1.807, 2.05) is 19.1 Å². The Morgan fingerprint density at radius 1 is 1.29 bits per heavy atom. The molecule has 1 heterocycles. The first-order valence-corrected chi connectivity index (χ1v) is 6.99. The van der Waals surface area contributed by atoms with Crippen LogP contribution in [0, 0.1) is 6.92 Å². The van der Waals surface area contributed by atoms with Gasteiger partial charge >= 0.3 is 5.97 Å². The smallest absolute Gasteiger partial charge is 0.354 e. The summed E-state index contributed by atoms with van der Waals surface area (Å²) >= 11 is 3.34. The maximum Gasteiger partial charge on any atom is 0.354 e. The van der Waals surface area contributed by atoms with Gasteiger partial charge in [0.15, 0.2) is 0 Å². The molecule has 2 aromatic rings. The van der Waals surface area contributed by atoms with Gasteiger partial charge in [0.1, 0.15) is 5.69 Å². The molecule has 0 aliphatic carbocycles. The molecule has 0 radical (unpaired) electrons. The summed E-state index contributed by atoms with van der Waals surface area (Å²) in [7, 11) is 0. The molecule has 1 amide bonds. The third-order valence-corrected chi connectivity index (χ3v) is 3.55. The summed E-state index contributed by atoms with van der Waals surface area (Å²) in [6.07, 6.45) is 1.44. The van der Waals surface area contributed by atoms with Crippen molar-refractivity contribution in [3.8, 4) is 0 Å². The largest absolute Gasteiger partial charge is 0.477 e. The van der Waals surface area contributed by atoms with E-state index in [0.717, 1.165) is 15.6 Å². The number of aromatic carboxylic acids is 1. The Balaban J connectivity index is 2.04. The third-order valence-electron chi connectivity index (χ3n) is 2.86. The minimum atomic E-state index is -1.07. The number of aromatic nitrogens is 1. The van der Waals surface area contributed by atoms with Crippen molar-refractivity contribution in [1.29, 1.82) is 0 Å². The zero-order chi connectivity index (χ0) is 15.4. The predicted molar refractivity (Wildman–Crippen MR) is 81.2 cm³/mol. The van der Waals surface area contributed by atoms with Gasteiger partial charge in [-0.25, -0.2) is 9.78 Å². The van der Waals surface area contributed by atoms with Gasteiger partial charge in [-0.2, -0.15) is 0 Å². The first kappa shape index (κ1) is 15.2. The fourth-order valence-electron chi connectivity index (χ4n) is 1.75. The second kappa shape index (κ2) is 6.49. The molecule has 2 N–H and O–H groups in total. The lowest BCUT2D eigenvalue weighted by Gasteiger charge is -2.08. The highest BCUT2D eigenvalue weighted by atomic mass is 79.9. The number of hydrogen-bond acceptors (Lipinski definition) is 3. The minimum absolute atomic E-state index is 0.0218. The summed E-state index contributed by atoms with van der Waals surface area (Å²) < 4.78 is 0.727. The van der Waals surface area contributed by atoms with Gasteiger partial charge in [-0.1, -0.05) is 17.7 Å². The Labute approximate surface area is 130 Å². The van der Waals surface area contributed by atoms with E-state index in [9.17, 15) is 9.59 Å². The molecule has 0 atom stereocenters. The fourth-order valence-corrected chi connectivity index (χ4v) is 2.17. The van der Waals surface area contributed by atoms with Gasteiger partial charge in [-0.15, -0.1) is 0 Å². The van der Waals surface area contributed by atoms with Crippen molar-refractivity contribution in [1.82, 2.24) is 10.3 Å².